The molecule has 1 amide bonds. The first kappa shape index (κ1) is 16.6. The van der Waals surface area contributed by atoms with Crippen LogP contribution in [0, 0.1) is 0 Å². The molecule has 1 aromatic rings. The van der Waals surface area contributed by atoms with Crippen LogP contribution in [0.3, 0.4) is 0 Å². The number of aliphatic hydroxyl groups is 1. The molecule has 110 valence electrons. The lowest BCUT2D eigenvalue weighted by Crippen LogP contribution is -2.39. The highest BCUT2D eigenvalue weighted by atomic mass is 35.5. The van der Waals surface area contributed by atoms with Crippen LogP contribution >= 0.6 is 23.2 Å². The zero-order chi connectivity index (χ0) is 15.1. The van der Waals surface area contributed by atoms with Gasteiger partial charge in [0.15, 0.2) is 12.7 Å². The molecule has 6 nitrogen and oxygen atoms in total. The summed E-state index contributed by atoms with van der Waals surface area (Å²) in [6, 6.07) is 4.58. The Morgan fingerprint density at radius 3 is 2.70 bits per heavy atom. The molecule has 0 aromatic heterocycles. The monoisotopic (exact) mass is 321 g/mol. The summed E-state index contributed by atoms with van der Waals surface area (Å²) in [6.45, 7) is -0.571. The second kappa shape index (κ2) is 7.94. The van der Waals surface area contributed by atoms with E-state index in [-0.39, 0.29) is 18.2 Å². The van der Waals surface area contributed by atoms with E-state index in [1.807, 2.05) is 0 Å². The van der Waals surface area contributed by atoms with Gasteiger partial charge in [0.25, 0.3) is 5.91 Å². The molecule has 20 heavy (non-hydrogen) atoms. The van der Waals surface area contributed by atoms with Gasteiger partial charge in [0, 0.05) is 5.02 Å². The minimum Gasteiger partial charge on any atom is -0.482 e. The number of hydrogen-bond acceptors (Lipinski definition) is 5. The number of methoxy groups -OCH3 is 1. The number of halogens is 2. The Morgan fingerprint density at radius 1 is 1.40 bits per heavy atom. The van der Waals surface area contributed by atoms with Crippen LogP contribution in [0.4, 0.5) is 0 Å². The molecule has 2 N–H and O–H groups in total. The maximum Gasteiger partial charge on any atom is 0.336 e. The van der Waals surface area contributed by atoms with Gasteiger partial charge in [-0.2, -0.15) is 0 Å². The van der Waals surface area contributed by atoms with Crippen LogP contribution in [-0.2, 0) is 14.3 Å². The van der Waals surface area contributed by atoms with Crippen LogP contribution in [0.1, 0.15) is 0 Å². The number of carbonyl (C=O) groups excluding carboxylic acids is 2. The van der Waals surface area contributed by atoms with Crippen molar-refractivity contribution in [2.24, 2.45) is 0 Å². The van der Waals surface area contributed by atoms with Gasteiger partial charge in [0.1, 0.15) is 5.75 Å². The van der Waals surface area contributed by atoms with E-state index in [4.69, 9.17) is 27.9 Å². The molecule has 0 aliphatic heterocycles. The SMILES string of the molecule is COC(=O)C(O)CNC(=O)COc1ccc(Cl)cc1Cl. The van der Waals surface area contributed by atoms with E-state index in [9.17, 15) is 14.7 Å². The molecule has 0 spiro atoms. The molecule has 8 heteroatoms. The van der Waals surface area contributed by atoms with Crippen molar-refractivity contribution in [2.75, 3.05) is 20.3 Å². The smallest absolute Gasteiger partial charge is 0.336 e. The third-order valence-corrected chi connectivity index (χ3v) is 2.75. The molecule has 0 saturated carbocycles. The summed E-state index contributed by atoms with van der Waals surface area (Å²) < 4.78 is 9.47. The molecule has 1 rings (SSSR count). The highest BCUT2D eigenvalue weighted by Crippen LogP contribution is 2.27. The minimum absolute atomic E-state index is 0.261. The Labute approximate surface area is 125 Å². The average Bonchev–Trinajstić information content (AvgIpc) is 2.42. The van der Waals surface area contributed by atoms with Gasteiger partial charge in [-0.15, -0.1) is 0 Å². The molecule has 0 saturated heterocycles. The fourth-order valence-corrected chi connectivity index (χ4v) is 1.68. The van der Waals surface area contributed by atoms with Gasteiger partial charge in [-0.05, 0) is 18.2 Å². The topological polar surface area (TPSA) is 84.9 Å². The fourth-order valence-electron chi connectivity index (χ4n) is 1.22. The molecular weight excluding hydrogens is 309 g/mol. The van der Waals surface area contributed by atoms with Crippen LogP contribution in [0.15, 0.2) is 18.2 Å². The quantitative estimate of drug-likeness (QED) is 0.764. The Kier molecular flexibility index (Phi) is 6.57. The minimum atomic E-state index is -1.41. The number of ether oxygens (including phenoxy) is 2. The highest BCUT2D eigenvalue weighted by Gasteiger charge is 2.16. The fraction of sp³-hybridized carbons (Fsp3) is 0.333. The van der Waals surface area contributed by atoms with Gasteiger partial charge in [-0.3, -0.25) is 4.79 Å². The van der Waals surface area contributed by atoms with Gasteiger partial charge < -0.3 is 19.9 Å². The lowest BCUT2D eigenvalue weighted by Gasteiger charge is -2.11. The Bertz CT molecular complexity index is 495. The number of hydrogen-bond donors (Lipinski definition) is 2. The average molecular weight is 322 g/mol. The zero-order valence-electron chi connectivity index (χ0n) is 10.6. The molecular formula is C12H13Cl2NO5. The van der Waals surface area contributed by atoms with Crippen molar-refractivity contribution < 1.29 is 24.2 Å². The van der Waals surface area contributed by atoms with Crippen molar-refractivity contribution in [3.05, 3.63) is 28.2 Å². The summed E-state index contributed by atoms with van der Waals surface area (Å²) in [7, 11) is 1.14. The predicted molar refractivity (Wildman–Crippen MR) is 73.0 cm³/mol. The van der Waals surface area contributed by atoms with Gasteiger partial charge in [0.2, 0.25) is 0 Å². The van der Waals surface area contributed by atoms with E-state index in [1.54, 1.807) is 6.07 Å². The summed E-state index contributed by atoms with van der Waals surface area (Å²) >= 11 is 11.6. The van der Waals surface area contributed by atoms with Crippen molar-refractivity contribution >= 4 is 35.1 Å². The summed E-state index contributed by atoms with van der Waals surface area (Å²) in [5.41, 5.74) is 0. The first-order valence-electron chi connectivity index (χ1n) is 5.54. The summed E-state index contributed by atoms with van der Waals surface area (Å²) in [6.07, 6.45) is -1.41. The summed E-state index contributed by atoms with van der Waals surface area (Å²) in [4.78, 5) is 22.3. The largest absolute Gasteiger partial charge is 0.482 e. The summed E-state index contributed by atoms with van der Waals surface area (Å²) in [5, 5.41) is 12.3. The van der Waals surface area contributed by atoms with Crippen molar-refractivity contribution in [2.45, 2.75) is 6.10 Å². The number of nitrogens with one attached hydrogen (secondary N) is 1. The van der Waals surface area contributed by atoms with E-state index in [2.05, 4.69) is 10.1 Å². The van der Waals surface area contributed by atoms with Crippen LogP contribution in [0.5, 0.6) is 5.75 Å². The maximum atomic E-state index is 11.4. The van der Waals surface area contributed by atoms with Crippen LogP contribution in [0.25, 0.3) is 0 Å². The van der Waals surface area contributed by atoms with E-state index >= 15 is 0 Å². The maximum absolute atomic E-state index is 11.4. The third kappa shape index (κ3) is 5.24. The predicted octanol–water partition coefficient (Wildman–Crippen LogP) is 1.02. The number of amides is 1. The molecule has 0 aliphatic carbocycles. The number of esters is 1. The number of carbonyl (C=O) groups is 2. The second-order valence-electron chi connectivity index (χ2n) is 3.71. The molecule has 0 fully saturated rings. The molecule has 0 heterocycles. The Hall–Kier alpha value is -1.50. The van der Waals surface area contributed by atoms with Crippen LogP contribution < -0.4 is 10.1 Å². The van der Waals surface area contributed by atoms with Crippen molar-refractivity contribution in [3.63, 3.8) is 0 Å². The molecule has 0 aliphatic rings. The Balaban J connectivity index is 2.38. The van der Waals surface area contributed by atoms with E-state index in [0.717, 1.165) is 7.11 Å². The van der Waals surface area contributed by atoms with E-state index < -0.39 is 18.0 Å². The lowest BCUT2D eigenvalue weighted by atomic mass is 10.3. The molecule has 1 aromatic carbocycles. The lowest BCUT2D eigenvalue weighted by molar-refractivity contribution is -0.150. The molecule has 1 unspecified atom stereocenters. The number of aliphatic hydroxyl groups excluding tert-OH is 1. The van der Waals surface area contributed by atoms with E-state index in [0.29, 0.717) is 10.8 Å². The number of benzene rings is 1. The summed E-state index contributed by atoms with van der Waals surface area (Å²) in [5.74, 6) is -1.04. The highest BCUT2D eigenvalue weighted by molar-refractivity contribution is 6.35. The van der Waals surface area contributed by atoms with Crippen LogP contribution in [0.2, 0.25) is 10.0 Å². The van der Waals surface area contributed by atoms with Gasteiger partial charge in [0.05, 0.1) is 18.7 Å². The van der Waals surface area contributed by atoms with Crippen molar-refractivity contribution in [1.82, 2.24) is 5.32 Å². The third-order valence-electron chi connectivity index (χ3n) is 2.22. The Morgan fingerprint density at radius 2 is 2.10 bits per heavy atom. The molecule has 0 radical (unpaired) electrons. The second-order valence-corrected chi connectivity index (χ2v) is 4.55. The molecule has 0 bridgehead atoms. The number of rotatable bonds is 6. The van der Waals surface area contributed by atoms with Gasteiger partial charge >= 0.3 is 5.97 Å². The first-order valence-corrected chi connectivity index (χ1v) is 6.30. The normalized spacial score (nSPS) is 11.6. The zero-order valence-corrected chi connectivity index (χ0v) is 12.1. The van der Waals surface area contributed by atoms with E-state index in [1.165, 1.54) is 12.1 Å². The van der Waals surface area contributed by atoms with Crippen molar-refractivity contribution in [3.8, 4) is 5.75 Å². The van der Waals surface area contributed by atoms with Crippen LogP contribution in [-0.4, -0.2) is 43.3 Å². The molecule has 1 atom stereocenters. The van der Waals surface area contributed by atoms with Gasteiger partial charge in [-0.1, -0.05) is 23.2 Å². The van der Waals surface area contributed by atoms with Gasteiger partial charge in [-0.25, -0.2) is 4.79 Å². The van der Waals surface area contributed by atoms with Crippen molar-refractivity contribution in [1.29, 1.82) is 0 Å². The first-order chi connectivity index (χ1) is 9.43. The standard InChI is InChI=1S/C12H13Cl2NO5/c1-19-12(18)9(16)5-15-11(17)6-20-10-3-2-7(13)4-8(10)14/h2-4,9,16H,5-6H2,1H3,(H,15,17).